The molecule has 0 fully saturated rings. The van der Waals surface area contributed by atoms with Crippen LogP contribution in [0.15, 0.2) is 48.7 Å². The number of carboxylic acid groups (broad SMARTS) is 1. The molecule has 0 amide bonds. The maximum Gasteiger partial charge on any atom is 0.307 e. The van der Waals surface area contributed by atoms with Crippen LogP contribution in [0.3, 0.4) is 0 Å². The van der Waals surface area contributed by atoms with E-state index in [1.807, 2.05) is 60.2 Å². The minimum Gasteiger partial charge on any atom is -0.481 e. The first-order chi connectivity index (χ1) is 11.0. The van der Waals surface area contributed by atoms with E-state index in [-0.39, 0.29) is 12.5 Å². The molecule has 0 spiro atoms. The first kappa shape index (κ1) is 15.9. The van der Waals surface area contributed by atoms with Crippen molar-refractivity contribution < 1.29 is 9.90 Å². The van der Waals surface area contributed by atoms with E-state index in [0.29, 0.717) is 10.0 Å². The van der Waals surface area contributed by atoms with Crippen molar-refractivity contribution in [3.05, 3.63) is 69.8 Å². The molecule has 0 aliphatic rings. The van der Waals surface area contributed by atoms with Gasteiger partial charge in [-0.25, -0.2) is 0 Å². The number of hydrogen-bond acceptors (Lipinski definition) is 1. The zero-order valence-electron chi connectivity index (χ0n) is 12.5. The number of carbonyl (C=O) groups is 1. The van der Waals surface area contributed by atoms with Gasteiger partial charge in [-0.3, -0.25) is 4.79 Å². The van der Waals surface area contributed by atoms with Gasteiger partial charge in [0, 0.05) is 27.1 Å². The van der Waals surface area contributed by atoms with Gasteiger partial charge in [0.05, 0.1) is 12.5 Å². The van der Waals surface area contributed by atoms with Gasteiger partial charge >= 0.3 is 5.97 Å². The van der Waals surface area contributed by atoms with Gasteiger partial charge in [-0.15, -0.1) is 0 Å². The van der Waals surface area contributed by atoms with E-state index in [1.54, 1.807) is 0 Å². The normalized spacial score (nSPS) is 12.5. The Bertz CT molecular complexity index is 886. The summed E-state index contributed by atoms with van der Waals surface area (Å²) in [5, 5.41) is 11.3. The molecule has 1 unspecified atom stereocenters. The van der Waals surface area contributed by atoms with Crippen molar-refractivity contribution in [2.24, 2.45) is 0 Å². The van der Waals surface area contributed by atoms with Gasteiger partial charge in [-0.2, -0.15) is 0 Å². The van der Waals surface area contributed by atoms with Gasteiger partial charge in [-0.05, 0) is 42.3 Å². The monoisotopic (exact) mass is 347 g/mol. The summed E-state index contributed by atoms with van der Waals surface area (Å²) in [6, 6.07) is 13.2. The molecule has 0 aliphatic carbocycles. The Balaban J connectivity index is 2.17. The molecule has 3 rings (SSSR count). The van der Waals surface area contributed by atoms with Crippen LogP contribution in [0.1, 0.15) is 24.1 Å². The fourth-order valence-electron chi connectivity index (χ4n) is 2.89. The molecular weight excluding hydrogens is 333 g/mol. The largest absolute Gasteiger partial charge is 0.481 e. The van der Waals surface area contributed by atoms with Crippen LogP contribution >= 0.6 is 23.2 Å². The Morgan fingerprint density at radius 2 is 1.96 bits per heavy atom. The molecular formula is C18H15Cl2NO2. The Labute approximate surface area is 144 Å². The zero-order chi connectivity index (χ0) is 16.6. The molecule has 1 N–H and O–H groups in total. The minimum absolute atomic E-state index is 0.0186. The molecule has 0 bridgehead atoms. The summed E-state index contributed by atoms with van der Waals surface area (Å²) >= 11 is 12.4. The van der Waals surface area contributed by atoms with E-state index in [9.17, 15) is 4.79 Å². The van der Waals surface area contributed by atoms with Crippen LogP contribution in [0.25, 0.3) is 10.9 Å². The highest BCUT2D eigenvalue weighted by Gasteiger charge is 2.17. The molecule has 1 aromatic heterocycles. The summed E-state index contributed by atoms with van der Waals surface area (Å²) in [7, 11) is 0. The number of aliphatic carboxylic acids is 1. The quantitative estimate of drug-likeness (QED) is 0.705. The standard InChI is InChI=1S/C18H15Cl2NO2/c1-11(14-4-2-3-5-16(14)20)21-10-12(8-18(22)23)15-9-13(19)6-7-17(15)21/h2-7,9-11H,8H2,1H3,(H,22,23). The molecule has 0 radical (unpaired) electrons. The van der Waals surface area contributed by atoms with Crippen molar-refractivity contribution in [1.82, 2.24) is 4.57 Å². The summed E-state index contributed by atoms with van der Waals surface area (Å²) in [4.78, 5) is 11.1. The van der Waals surface area contributed by atoms with E-state index in [4.69, 9.17) is 28.3 Å². The van der Waals surface area contributed by atoms with Crippen molar-refractivity contribution in [2.75, 3.05) is 0 Å². The number of hydrogen-bond donors (Lipinski definition) is 1. The second kappa shape index (κ2) is 6.26. The second-order valence-corrected chi connectivity index (χ2v) is 6.33. The molecule has 3 aromatic rings. The predicted molar refractivity (Wildman–Crippen MR) is 93.6 cm³/mol. The molecule has 2 aromatic carbocycles. The van der Waals surface area contributed by atoms with E-state index >= 15 is 0 Å². The number of benzene rings is 2. The van der Waals surface area contributed by atoms with E-state index in [0.717, 1.165) is 22.0 Å². The fourth-order valence-corrected chi connectivity index (χ4v) is 3.35. The topological polar surface area (TPSA) is 42.2 Å². The molecule has 1 heterocycles. The Kier molecular flexibility index (Phi) is 4.33. The highest BCUT2D eigenvalue weighted by atomic mass is 35.5. The third-order valence-corrected chi connectivity index (χ3v) is 4.57. The van der Waals surface area contributed by atoms with Crippen LogP contribution in [0.4, 0.5) is 0 Å². The van der Waals surface area contributed by atoms with Crippen molar-refractivity contribution in [1.29, 1.82) is 0 Å². The van der Waals surface area contributed by atoms with E-state index < -0.39 is 5.97 Å². The molecule has 23 heavy (non-hydrogen) atoms. The lowest BCUT2D eigenvalue weighted by Crippen LogP contribution is -2.06. The lowest BCUT2D eigenvalue weighted by atomic mass is 10.1. The first-order valence-corrected chi connectivity index (χ1v) is 7.98. The lowest BCUT2D eigenvalue weighted by molar-refractivity contribution is -0.136. The fraction of sp³-hybridized carbons (Fsp3) is 0.167. The summed E-state index contributed by atoms with van der Waals surface area (Å²) in [6.07, 6.45) is 1.84. The molecule has 0 saturated heterocycles. The van der Waals surface area contributed by atoms with Gasteiger partial charge in [0.2, 0.25) is 0 Å². The number of aromatic nitrogens is 1. The number of rotatable bonds is 4. The van der Waals surface area contributed by atoms with Crippen LogP contribution in [-0.4, -0.2) is 15.6 Å². The van der Waals surface area contributed by atoms with Crippen LogP contribution in [0, 0.1) is 0 Å². The molecule has 118 valence electrons. The smallest absolute Gasteiger partial charge is 0.307 e. The average molecular weight is 348 g/mol. The van der Waals surface area contributed by atoms with Crippen LogP contribution in [-0.2, 0) is 11.2 Å². The molecule has 0 saturated carbocycles. The van der Waals surface area contributed by atoms with Gasteiger partial charge in [-0.1, -0.05) is 41.4 Å². The molecule has 5 heteroatoms. The second-order valence-electron chi connectivity index (χ2n) is 5.49. The number of carboxylic acids is 1. The van der Waals surface area contributed by atoms with Gasteiger partial charge in [0.15, 0.2) is 0 Å². The Hall–Kier alpha value is -1.97. The average Bonchev–Trinajstić information content (AvgIpc) is 2.84. The summed E-state index contributed by atoms with van der Waals surface area (Å²) in [5.41, 5.74) is 2.68. The van der Waals surface area contributed by atoms with Gasteiger partial charge < -0.3 is 9.67 Å². The van der Waals surface area contributed by atoms with Crippen molar-refractivity contribution in [3.63, 3.8) is 0 Å². The number of fused-ring (bicyclic) bond motifs is 1. The maximum atomic E-state index is 11.1. The summed E-state index contributed by atoms with van der Waals surface area (Å²) < 4.78 is 2.05. The van der Waals surface area contributed by atoms with Crippen molar-refractivity contribution in [2.45, 2.75) is 19.4 Å². The van der Waals surface area contributed by atoms with Crippen LogP contribution in [0.5, 0.6) is 0 Å². The van der Waals surface area contributed by atoms with Crippen LogP contribution < -0.4 is 0 Å². The third-order valence-electron chi connectivity index (χ3n) is 3.99. The number of nitrogens with zero attached hydrogens (tertiary/aromatic N) is 1. The SMILES string of the molecule is CC(c1ccccc1Cl)n1cc(CC(=O)O)c2cc(Cl)ccc21. The predicted octanol–water partition coefficient (Wildman–Crippen LogP) is 5.18. The molecule has 3 nitrogen and oxygen atoms in total. The third kappa shape index (κ3) is 3.07. The van der Waals surface area contributed by atoms with Gasteiger partial charge in [0.25, 0.3) is 0 Å². The molecule has 0 aliphatic heterocycles. The first-order valence-electron chi connectivity index (χ1n) is 7.22. The minimum atomic E-state index is -0.866. The van der Waals surface area contributed by atoms with Crippen molar-refractivity contribution >= 4 is 40.1 Å². The Morgan fingerprint density at radius 3 is 2.65 bits per heavy atom. The highest BCUT2D eigenvalue weighted by molar-refractivity contribution is 6.31. The summed E-state index contributed by atoms with van der Waals surface area (Å²) in [6.45, 7) is 2.04. The summed E-state index contributed by atoms with van der Waals surface area (Å²) in [5.74, 6) is -0.866. The lowest BCUT2D eigenvalue weighted by Gasteiger charge is -2.17. The van der Waals surface area contributed by atoms with E-state index in [1.165, 1.54) is 0 Å². The Morgan fingerprint density at radius 1 is 1.22 bits per heavy atom. The van der Waals surface area contributed by atoms with E-state index in [2.05, 4.69) is 0 Å². The van der Waals surface area contributed by atoms with Gasteiger partial charge in [0.1, 0.15) is 0 Å². The zero-order valence-corrected chi connectivity index (χ0v) is 14.0. The van der Waals surface area contributed by atoms with Crippen LogP contribution in [0.2, 0.25) is 10.0 Å². The highest BCUT2D eigenvalue weighted by Crippen LogP contribution is 2.32. The van der Waals surface area contributed by atoms with Crippen molar-refractivity contribution in [3.8, 4) is 0 Å². The number of halogens is 2. The molecule has 1 atom stereocenters. The maximum absolute atomic E-state index is 11.1.